The summed E-state index contributed by atoms with van der Waals surface area (Å²) in [6, 6.07) is -1.14. The second kappa shape index (κ2) is 8.76. The van der Waals surface area contributed by atoms with E-state index >= 15 is 0 Å². The van der Waals surface area contributed by atoms with Gasteiger partial charge < -0.3 is 25.4 Å². The minimum absolute atomic E-state index is 0.125. The number of rotatable bonds is 7. The fourth-order valence-corrected chi connectivity index (χ4v) is 2.23. The molecule has 0 aromatic carbocycles. The molecule has 1 rings (SSSR count). The number of likely N-dealkylation sites (tertiary alicyclic amines) is 1. The Hall–Kier alpha value is -1.34. The second-order valence-corrected chi connectivity index (χ2v) is 5.22. The van der Waals surface area contributed by atoms with Crippen LogP contribution in [0.5, 0.6) is 0 Å². The number of ether oxygens (including phenoxy) is 1. The van der Waals surface area contributed by atoms with E-state index < -0.39 is 18.0 Å². The van der Waals surface area contributed by atoms with Crippen molar-refractivity contribution in [2.45, 2.75) is 37.8 Å². The van der Waals surface area contributed by atoms with Crippen LogP contribution in [0.1, 0.15) is 25.7 Å². The number of carbonyl (C=O) groups is 2. The van der Waals surface area contributed by atoms with E-state index in [0.29, 0.717) is 19.4 Å². The fourth-order valence-electron chi connectivity index (χ4n) is 2.23. The summed E-state index contributed by atoms with van der Waals surface area (Å²) in [7, 11) is 3.61. The highest BCUT2D eigenvalue weighted by Gasteiger charge is 2.22. The SMILES string of the molecule is COCCCC(NC(=O)NC1CCN(C)CC1)C(=O)O. The van der Waals surface area contributed by atoms with Crippen LogP contribution in [-0.4, -0.2) is 67.9 Å². The van der Waals surface area contributed by atoms with E-state index in [-0.39, 0.29) is 6.04 Å². The summed E-state index contributed by atoms with van der Waals surface area (Å²) in [5.74, 6) is -1.01. The summed E-state index contributed by atoms with van der Waals surface area (Å²) in [4.78, 5) is 25.1. The van der Waals surface area contributed by atoms with Gasteiger partial charge in [0.05, 0.1) is 0 Å². The lowest BCUT2D eigenvalue weighted by molar-refractivity contribution is -0.139. The molecule has 0 bridgehead atoms. The molecule has 1 saturated heterocycles. The molecule has 0 aromatic rings. The van der Waals surface area contributed by atoms with Crippen LogP contribution < -0.4 is 10.6 Å². The molecule has 1 aliphatic heterocycles. The zero-order valence-electron chi connectivity index (χ0n) is 12.2. The number of piperidine rings is 1. The van der Waals surface area contributed by atoms with Crippen molar-refractivity contribution >= 4 is 12.0 Å². The minimum atomic E-state index is -1.01. The van der Waals surface area contributed by atoms with E-state index in [4.69, 9.17) is 9.84 Å². The molecule has 7 nitrogen and oxygen atoms in total. The van der Waals surface area contributed by atoms with Gasteiger partial charge in [-0.3, -0.25) is 0 Å². The third kappa shape index (κ3) is 6.21. The molecule has 0 saturated carbocycles. The summed E-state index contributed by atoms with van der Waals surface area (Å²) >= 11 is 0. The number of hydrogen-bond donors (Lipinski definition) is 3. The molecule has 1 aliphatic rings. The lowest BCUT2D eigenvalue weighted by Gasteiger charge is -2.29. The smallest absolute Gasteiger partial charge is 0.326 e. The first-order valence-electron chi connectivity index (χ1n) is 7.00. The average Bonchev–Trinajstić information content (AvgIpc) is 2.40. The summed E-state index contributed by atoms with van der Waals surface area (Å²) in [6.07, 6.45) is 2.75. The number of carbonyl (C=O) groups excluding carboxylic acids is 1. The van der Waals surface area contributed by atoms with Crippen LogP contribution in [0.3, 0.4) is 0 Å². The van der Waals surface area contributed by atoms with Gasteiger partial charge in [-0.2, -0.15) is 0 Å². The molecular formula is C13H25N3O4. The number of carboxylic acids is 1. The summed E-state index contributed by atoms with van der Waals surface area (Å²) < 4.78 is 4.88. The third-order valence-electron chi connectivity index (χ3n) is 3.50. The Kier molecular flexibility index (Phi) is 7.32. The van der Waals surface area contributed by atoms with Gasteiger partial charge in [0.25, 0.3) is 0 Å². The Balaban J connectivity index is 2.32. The van der Waals surface area contributed by atoms with Gasteiger partial charge in [-0.15, -0.1) is 0 Å². The predicted octanol–water partition coefficient (Wildman–Crippen LogP) is 0.260. The number of hydrogen-bond acceptors (Lipinski definition) is 4. The highest BCUT2D eigenvalue weighted by Crippen LogP contribution is 2.08. The van der Waals surface area contributed by atoms with Crippen LogP contribution in [0.25, 0.3) is 0 Å². The van der Waals surface area contributed by atoms with Gasteiger partial charge in [0.1, 0.15) is 6.04 Å². The Morgan fingerprint density at radius 3 is 2.60 bits per heavy atom. The molecular weight excluding hydrogens is 262 g/mol. The summed E-state index contributed by atoms with van der Waals surface area (Å²) in [5, 5.41) is 14.4. The first-order valence-corrected chi connectivity index (χ1v) is 7.00. The summed E-state index contributed by atoms with van der Waals surface area (Å²) in [6.45, 7) is 2.38. The lowest BCUT2D eigenvalue weighted by atomic mass is 10.1. The van der Waals surface area contributed by atoms with Gasteiger partial charge in [-0.25, -0.2) is 9.59 Å². The van der Waals surface area contributed by atoms with Gasteiger partial charge >= 0.3 is 12.0 Å². The molecule has 0 spiro atoms. The first kappa shape index (κ1) is 16.7. The number of carboxylic acid groups (broad SMARTS) is 1. The van der Waals surface area contributed by atoms with Crippen molar-refractivity contribution in [3.63, 3.8) is 0 Å². The average molecular weight is 287 g/mol. The molecule has 20 heavy (non-hydrogen) atoms. The molecule has 1 unspecified atom stereocenters. The number of urea groups is 1. The van der Waals surface area contributed by atoms with E-state index in [0.717, 1.165) is 25.9 Å². The first-order chi connectivity index (χ1) is 9.52. The van der Waals surface area contributed by atoms with Crippen LogP contribution in [0.4, 0.5) is 4.79 Å². The Morgan fingerprint density at radius 1 is 1.40 bits per heavy atom. The molecule has 0 radical (unpaired) electrons. The number of methoxy groups -OCH3 is 1. The molecule has 1 heterocycles. The van der Waals surface area contributed by atoms with Gasteiger partial charge in [0.15, 0.2) is 0 Å². The zero-order valence-corrected chi connectivity index (χ0v) is 12.2. The molecule has 116 valence electrons. The van der Waals surface area contributed by atoms with Crippen molar-refractivity contribution in [1.82, 2.24) is 15.5 Å². The number of aliphatic carboxylic acids is 1. The third-order valence-corrected chi connectivity index (χ3v) is 3.50. The van der Waals surface area contributed by atoms with Gasteiger partial charge in [0, 0.05) is 19.8 Å². The highest BCUT2D eigenvalue weighted by molar-refractivity contribution is 5.82. The molecule has 7 heteroatoms. The Bertz CT molecular complexity index is 317. The highest BCUT2D eigenvalue weighted by atomic mass is 16.5. The quantitative estimate of drug-likeness (QED) is 0.584. The molecule has 3 N–H and O–H groups in total. The fraction of sp³-hybridized carbons (Fsp3) is 0.846. The van der Waals surface area contributed by atoms with Crippen molar-refractivity contribution in [3.8, 4) is 0 Å². The Labute approximate surface area is 119 Å². The van der Waals surface area contributed by atoms with Crippen LogP contribution in [0, 0.1) is 0 Å². The lowest BCUT2D eigenvalue weighted by Crippen LogP contribution is -2.51. The van der Waals surface area contributed by atoms with E-state index in [9.17, 15) is 9.59 Å². The van der Waals surface area contributed by atoms with Crippen LogP contribution in [0.15, 0.2) is 0 Å². The van der Waals surface area contributed by atoms with Crippen molar-refractivity contribution < 1.29 is 19.4 Å². The monoisotopic (exact) mass is 287 g/mol. The topological polar surface area (TPSA) is 90.9 Å². The predicted molar refractivity (Wildman–Crippen MR) is 74.7 cm³/mol. The Morgan fingerprint density at radius 2 is 2.05 bits per heavy atom. The number of amides is 2. The summed E-state index contributed by atoms with van der Waals surface area (Å²) in [5.41, 5.74) is 0. The van der Waals surface area contributed by atoms with Crippen LogP contribution in [0.2, 0.25) is 0 Å². The molecule has 0 aliphatic carbocycles. The van der Waals surface area contributed by atoms with E-state index in [1.54, 1.807) is 7.11 Å². The largest absolute Gasteiger partial charge is 0.480 e. The van der Waals surface area contributed by atoms with E-state index in [1.807, 2.05) is 7.05 Å². The van der Waals surface area contributed by atoms with Gasteiger partial charge in [-0.05, 0) is 45.8 Å². The van der Waals surface area contributed by atoms with Gasteiger partial charge in [-0.1, -0.05) is 0 Å². The standard InChI is InChI=1S/C13H25N3O4/c1-16-7-5-10(6-8-16)14-13(19)15-11(12(17)18)4-3-9-20-2/h10-11H,3-9H2,1-2H3,(H,17,18)(H2,14,15,19). The molecule has 0 aromatic heterocycles. The number of nitrogens with one attached hydrogen (secondary N) is 2. The van der Waals surface area contributed by atoms with Crippen molar-refractivity contribution in [3.05, 3.63) is 0 Å². The van der Waals surface area contributed by atoms with Crippen molar-refractivity contribution in [1.29, 1.82) is 0 Å². The van der Waals surface area contributed by atoms with Crippen molar-refractivity contribution in [2.75, 3.05) is 33.9 Å². The normalized spacial score (nSPS) is 18.5. The minimum Gasteiger partial charge on any atom is -0.480 e. The van der Waals surface area contributed by atoms with Crippen LogP contribution in [-0.2, 0) is 9.53 Å². The molecule has 2 amide bonds. The van der Waals surface area contributed by atoms with Crippen LogP contribution >= 0.6 is 0 Å². The van der Waals surface area contributed by atoms with Crippen molar-refractivity contribution in [2.24, 2.45) is 0 Å². The zero-order chi connectivity index (χ0) is 15.0. The molecule has 1 fully saturated rings. The van der Waals surface area contributed by atoms with E-state index in [2.05, 4.69) is 15.5 Å². The molecule has 1 atom stereocenters. The number of nitrogens with zero attached hydrogens (tertiary/aromatic N) is 1. The second-order valence-electron chi connectivity index (χ2n) is 5.22. The maximum absolute atomic E-state index is 11.8. The van der Waals surface area contributed by atoms with Gasteiger partial charge in [0.2, 0.25) is 0 Å². The van der Waals surface area contributed by atoms with E-state index in [1.165, 1.54) is 0 Å². The maximum Gasteiger partial charge on any atom is 0.326 e. The maximum atomic E-state index is 11.8.